The molecule has 2 N–H and O–H groups in total. The predicted octanol–water partition coefficient (Wildman–Crippen LogP) is 5.37. The molecule has 2 heterocycles. The first-order valence-electron chi connectivity index (χ1n) is 6.31. The zero-order chi connectivity index (χ0) is 13.9. The summed E-state index contributed by atoms with van der Waals surface area (Å²) in [5.41, 5.74) is 11.4. The molecule has 0 aliphatic carbocycles. The lowest BCUT2D eigenvalue weighted by atomic mass is 10.00. The van der Waals surface area contributed by atoms with Gasteiger partial charge in [0.1, 0.15) is 0 Å². The van der Waals surface area contributed by atoms with Gasteiger partial charge in [0.25, 0.3) is 0 Å². The van der Waals surface area contributed by atoms with Crippen LogP contribution in [0, 0.1) is 0 Å². The van der Waals surface area contributed by atoms with Crippen LogP contribution in [0.4, 0.5) is 5.00 Å². The number of thiophene rings is 2. The summed E-state index contributed by atoms with van der Waals surface area (Å²) in [6.45, 7) is 0. The molecule has 0 bridgehead atoms. The molecule has 3 aromatic rings. The monoisotopic (exact) mass is 317 g/mol. The highest BCUT2D eigenvalue weighted by atomic mass is 32.2. The molecule has 0 aliphatic heterocycles. The van der Waals surface area contributed by atoms with Crippen molar-refractivity contribution in [2.75, 3.05) is 12.0 Å². The highest BCUT2D eigenvalue weighted by Crippen LogP contribution is 2.44. The molecule has 0 unspecified atom stereocenters. The van der Waals surface area contributed by atoms with E-state index >= 15 is 0 Å². The Hall–Kier alpha value is -1.23. The van der Waals surface area contributed by atoms with Crippen LogP contribution < -0.4 is 5.73 Å². The minimum absolute atomic E-state index is 0.922. The van der Waals surface area contributed by atoms with Crippen LogP contribution in [0.3, 0.4) is 0 Å². The Morgan fingerprint density at radius 1 is 1.15 bits per heavy atom. The van der Waals surface area contributed by atoms with Crippen LogP contribution in [0.25, 0.3) is 11.1 Å². The summed E-state index contributed by atoms with van der Waals surface area (Å²) >= 11 is 5.24. The molecule has 0 amide bonds. The summed E-state index contributed by atoms with van der Waals surface area (Å²) in [5.74, 6) is 0. The minimum atomic E-state index is 0.922. The molecule has 102 valence electrons. The van der Waals surface area contributed by atoms with Crippen LogP contribution in [0.15, 0.2) is 51.4 Å². The first kappa shape index (κ1) is 13.7. The smallest absolute Gasteiger partial charge is 0.0950 e. The van der Waals surface area contributed by atoms with E-state index in [9.17, 15) is 0 Å². The van der Waals surface area contributed by atoms with Crippen molar-refractivity contribution in [3.05, 3.63) is 58.3 Å². The van der Waals surface area contributed by atoms with Crippen molar-refractivity contribution in [2.45, 2.75) is 10.6 Å². The maximum Gasteiger partial charge on any atom is 0.0950 e. The summed E-state index contributed by atoms with van der Waals surface area (Å²) in [4.78, 5) is 0. The topological polar surface area (TPSA) is 26.0 Å². The van der Waals surface area contributed by atoms with E-state index in [2.05, 4.69) is 47.3 Å². The summed E-state index contributed by atoms with van der Waals surface area (Å²) in [6, 6.07) is 12.6. The molecular weight excluding hydrogens is 302 g/mol. The van der Waals surface area contributed by atoms with Gasteiger partial charge in [0.15, 0.2) is 0 Å². The minimum Gasteiger partial charge on any atom is -0.390 e. The van der Waals surface area contributed by atoms with E-state index in [1.807, 2.05) is 6.07 Å². The Balaban J connectivity index is 2.11. The number of hydrogen-bond donors (Lipinski definition) is 1. The van der Waals surface area contributed by atoms with Crippen molar-refractivity contribution >= 4 is 39.4 Å². The van der Waals surface area contributed by atoms with E-state index in [1.54, 1.807) is 34.4 Å². The van der Waals surface area contributed by atoms with Crippen molar-refractivity contribution in [1.29, 1.82) is 0 Å². The van der Waals surface area contributed by atoms with Crippen molar-refractivity contribution in [2.24, 2.45) is 0 Å². The zero-order valence-corrected chi connectivity index (χ0v) is 13.6. The number of nitrogen functional groups attached to an aromatic ring is 1. The van der Waals surface area contributed by atoms with Gasteiger partial charge in [0, 0.05) is 12.0 Å². The fourth-order valence-corrected chi connectivity index (χ4v) is 4.84. The summed E-state index contributed by atoms with van der Waals surface area (Å²) < 4.78 is 1.33. The molecule has 1 aromatic carbocycles. The van der Waals surface area contributed by atoms with Crippen LogP contribution in [-0.4, -0.2) is 6.26 Å². The molecular formula is C16H15NS3. The molecule has 2 aromatic heterocycles. The summed E-state index contributed by atoms with van der Waals surface area (Å²) in [6.07, 6.45) is 3.08. The molecule has 0 spiro atoms. The van der Waals surface area contributed by atoms with Gasteiger partial charge in [0.05, 0.1) is 9.21 Å². The van der Waals surface area contributed by atoms with Gasteiger partial charge in [-0.15, -0.1) is 23.1 Å². The average molecular weight is 318 g/mol. The quantitative estimate of drug-likeness (QED) is 0.654. The van der Waals surface area contributed by atoms with Crippen LogP contribution in [0.2, 0.25) is 0 Å². The lowest BCUT2D eigenvalue weighted by molar-refractivity contribution is 1.19. The SMILES string of the molecule is CSc1sc(N)c(-c2ccccc2)c1Cc1ccsc1. The van der Waals surface area contributed by atoms with Gasteiger partial charge in [-0.2, -0.15) is 11.3 Å². The van der Waals surface area contributed by atoms with Gasteiger partial charge in [-0.25, -0.2) is 0 Å². The molecule has 0 saturated heterocycles. The van der Waals surface area contributed by atoms with Crippen LogP contribution in [0.5, 0.6) is 0 Å². The fraction of sp³-hybridized carbons (Fsp3) is 0.125. The predicted molar refractivity (Wildman–Crippen MR) is 93.1 cm³/mol. The van der Waals surface area contributed by atoms with Crippen molar-refractivity contribution < 1.29 is 0 Å². The zero-order valence-electron chi connectivity index (χ0n) is 11.1. The molecule has 0 radical (unpaired) electrons. The Kier molecular flexibility index (Phi) is 4.15. The second-order valence-electron chi connectivity index (χ2n) is 4.49. The average Bonchev–Trinajstić information content (AvgIpc) is 3.08. The maximum absolute atomic E-state index is 6.29. The normalized spacial score (nSPS) is 10.8. The standard InChI is InChI=1S/C16H15NS3/c1-18-16-13(9-11-7-8-19-10-11)14(15(17)20-16)12-5-3-2-4-6-12/h2-8,10H,9,17H2,1H3. The van der Waals surface area contributed by atoms with Gasteiger partial charge in [-0.3, -0.25) is 0 Å². The Morgan fingerprint density at radius 2 is 1.95 bits per heavy atom. The first-order chi connectivity index (χ1) is 9.79. The van der Waals surface area contributed by atoms with Crippen molar-refractivity contribution in [3.8, 4) is 11.1 Å². The molecule has 0 atom stereocenters. The lowest BCUT2D eigenvalue weighted by Gasteiger charge is -2.07. The molecule has 0 saturated carbocycles. The summed E-state index contributed by atoms with van der Waals surface area (Å²) in [5, 5.41) is 5.27. The van der Waals surface area contributed by atoms with E-state index < -0.39 is 0 Å². The Morgan fingerprint density at radius 3 is 2.60 bits per heavy atom. The number of rotatable bonds is 4. The second-order valence-corrected chi connectivity index (χ2v) is 7.39. The first-order valence-corrected chi connectivity index (χ1v) is 9.29. The Labute approximate surface area is 131 Å². The second kappa shape index (κ2) is 6.04. The van der Waals surface area contributed by atoms with Gasteiger partial charge in [0.2, 0.25) is 0 Å². The van der Waals surface area contributed by atoms with Crippen molar-refractivity contribution in [3.63, 3.8) is 0 Å². The number of benzene rings is 1. The van der Waals surface area contributed by atoms with Crippen molar-refractivity contribution in [1.82, 2.24) is 0 Å². The van der Waals surface area contributed by atoms with E-state index in [4.69, 9.17) is 5.73 Å². The van der Waals surface area contributed by atoms with Gasteiger partial charge < -0.3 is 5.73 Å². The van der Waals surface area contributed by atoms with Crippen LogP contribution in [-0.2, 0) is 6.42 Å². The fourth-order valence-electron chi connectivity index (χ4n) is 2.31. The molecule has 1 nitrogen and oxygen atoms in total. The van der Waals surface area contributed by atoms with Gasteiger partial charge in [-0.05, 0) is 39.8 Å². The lowest BCUT2D eigenvalue weighted by Crippen LogP contribution is -1.91. The molecule has 0 fully saturated rings. The maximum atomic E-state index is 6.29. The van der Waals surface area contributed by atoms with E-state index in [0.29, 0.717) is 0 Å². The molecule has 0 aliphatic rings. The van der Waals surface area contributed by atoms with E-state index in [0.717, 1.165) is 11.4 Å². The number of hydrogen-bond acceptors (Lipinski definition) is 4. The van der Waals surface area contributed by atoms with Gasteiger partial charge >= 0.3 is 0 Å². The number of anilines is 1. The molecule has 20 heavy (non-hydrogen) atoms. The van der Waals surface area contributed by atoms with Crippen LogP contribution in [0.1, 0.15) is 11.1 Å². The third kappa shape index (κ3) is 2.64. The van der Waals surface area contributed by atoms with Crippen LogP contribution >= 0.6 is 34.4 Å². The van der Waals surface area contributed by atoms with E-state index in [-0.39, 0.29) is 0 Å². The third-order valence-electron chi connectivity index (χ3n) is 3.21. The molecule has 4 heteroatoms. The largest absolute Gasteiger partial charge is 0.390 e. The highest BCUT2D eigenvalue weighted by Gasteiger charge is 2.17. The van der Waals surface area contributed by atoms with Gasteiger partial charge in [-0.1, -0.05) is 30.3 Å². The third-order valence-corrected chi connectivity index (χ3v) is 6.16. The van der Waals surface area contributed by atoms with E-state index in [1.165, 1.54) is 26.5 Å². The highest BCUT2D eigenvalue weighted by molar-refractivity contribution is 8.00. The Bertz CT molecular complexity index is 684. The molecule has 3 rings (SSSR count). The number of nitrogens with two attached hydrogens (primary N) is 1. The summed E-state index contributed by atoms with van der Waals surface area (Å²) in [7, 11) is 0. The number of thioether (sulfide) groups is 1.